The van der Waals surface area contributed by atoms with Crippen LogP contribution in [-0.4, -0.2) is 9.97 Å². The smallest absolute Gasteiger partial charge is 0.171 e. The lowest BCUT2D eigenvalue weighted by atomic mass is 10.0. The molecule has 0 unspecified atom stereocenters. The molecule has 3 rings (SSSR count). The van der Waals surface area contributed by atoms with Crippen LogP contribution >= 0.6 is 27.3 Å². The number of aromatic nitrogens is 2. The third kappa shape index (κ3) is 2.80. The number of hydrazine groups is 1. The van der Waals surface area contributed by atoms with Gasteiger partial charge in [-0.25, -0.2) is 15.8 Å². The van der Waals surface area contributed by atoms with Gasteiger partial charge in [-0.2, -0.15) is 0 Å². The van der Waals surface area contributed by atoms with E-state index in [1.807, 2.05) is 18.2 Å². The summed E-state index contributed by atoms with van der Waals surface area (Å²) in [6.45, 7) is 0. The van der Waals surface area contributed by atoms with Crippen molar-refractivity contribution in [1.29, 1.82) is 0 Å². The van der Waals surface area contributed by atoms with Crippen molar-refractivity contribution in [2.45, 2.75) is 31.6 Å². The van der Waals surface area contributed by atoms with Crippen molar-refractivity contribution in [2.75, 3.05) is 5.43 Å². The Kier molecular flexibility index (Phi) is 3.81. The second-order valence-electron chi connectivity index (χ2n) is 4.73. The molecule has 2 aromatic rings. The number of halogens is 1. The lowest BCUT2D eigenvalue weighted by molar-refractivity contribution is 0.696. The molecule has 6 heteroatoms. The average molecular weight is 339 g/mol. The minimum absolute atomic E-state index is 0.553. The summed E-state index contributed by atoms with van der Waals surface area (Å²) in [5.41, 5.74) is 3.76. The highest BCUT2D eigenvalue weighted by molar-refractivity contribution is 9.11. The number of hydrogen-bond acceptors (Lipinski definition) is 5. The molecule has 0 atom stereocenters. The standard InChI is InChI=1S/C13H15BrN4S/c14-11-6-5-10(19-11)13-16-9(7-12(17-13)18-15)8-3-1-2-4-8/h5-8H,1-4,15H2,(H,16,17,18). The van der Waals surface area contributed by atoms with Crippen LogP contribution in [0.3, 0.4) is 0 Å². The van der Waals surface area contributed by atoms with Gasteiger partial charge >= 0.3 is 0 Å². The van der Waals surface area contributed by atoms with Crippen molar-refractivity contribution in [3.8, 4) is 10.7 Å². The predicted octanol–water partition coefficient (Wildman–Crippen LogP) is 3.91. The van der Waals surface area contributed by atoms with Gasteiger partial charge in [0.2, 0.25) is 0 Å². The highest BCUT2D eigenvalue weighted by Gasteiger charge is 2.20. The Hall–Kier alpha value is -0.980. The minimum Gasteiger partial charge on any atom is -0.308 e. The zero-order valence-electron chi connectivity index (χ0n) is 10.4. The second kappa shape index (κ2) is 5.56. The van der Waals surface area contributed by atoms with Gasteiger partial charge in [-0.3, -0.25) is 0 Å². The number of rotatable bonds is 3. The molecule has 1 aliphatic carbocycles. The lowest BCUT2D eigenvalue weighted by Crippen LogP contribution is -2.11. The van der Waals surface area contributed by atoms with E-state index in [2.05, 4.69) is 26.3 Å². The molecule has 0 spiro atoms. The van der Waals surface area contributed by atoms with E-state index in [9.17, 15) is 0 Å². The van der Waals surface area contributed by atoms with Gasteiger partial charge in [0.15, 0.2) is 5.82 Å². The average Bonchev–Trinajstić information content (AvgIpc) is 3.09. The number of thiophene rings is 1. The SMILES string of the molecule is NNc1cc(C2CCCC2)nc(-c2ccc(Br)s2)n1. The van der Waals surface area contributed by atoms with Crippen LogP contribution in [0.4, 0.5) is 5.82 Å². The summed E-state index contributed by atoms with van der Waals surface area (Å²) in [6.07, 6.45) is 5.02. The maximum atomic E-state index is 5.52. The van der Waals surface area contributed by atoms with E-state index in [0.717, 1.165) is 20.2 Å². The maximum Gasteiger partial charge on any atom is 0.171 e. The Bertz CT molecular complexity index is 578. The van der Waals surface area contributed by atoms with Crippen molar-refractivity contribution in [1.82, 2.24) is 9.97 Å². The third-order valence-electron chi connectivity index (χ3n) is 3.46. The summed E-state index contributed by atoms with van der Waals surface area (Å²) >= 11 is 5.11. The van der Waals surface area contributed by atoms with Crippen molar-refractivity contribution in [2.24, 2.45) is 5.84 Å². The minimum atomic E-state index is 0.553. The summed E-state index contributed by atoms with van der Waals surface area (Å²) in [4.78, 5) is 10.2. The van der Waals surface area contributed by atoms with Gasteiger partial charge in [-0.05, 0) is 40.9 Å². The monoisotopic (exact) mass is 338 g/mol. The van der Waals surface area contributed by atoms with Crippen LogP contribution in [0, 0.1) is 0 Å². The quantitative estimate of drug-likeness (QED) is 0.657. The molecule has 0 saturated heterocycles. The van der Waals surface area contributed by atoms with Gasteiger partial charge in [0.1, 0.15) is 5.82 Å². The van der Waals surface area contributed by atoms with Crippen LogP contribution in [0.15, 0.2) is 22.0 Å². The van der Waals surface area contributed by atoms with Crippen LogP contribution in [0.1, 0.15) is 37.3 Å². The van der Waals surface area contributed by atoms with E-state index >= 15 is 0 Å². The molecule has 2 aromatic heterocycles. The summed E-state index contributed by atoms with van der Waals surface area (Å²) in [7, 11) is 0. The molecular weight excluding hydrogens is 324 g/mol. The summed E-state index contributed by atoms with van der Waals surface area (Å²) in [5, 5.41) is 0. The second-order valence-corrected chi connectivity index (χ2v) is 7.19. The van der Waals surface area contributed by atoms with E-state index < -0.39 is 0 Å². The van der Waals surface area contributed by atoms with Crippen molar-refractivity contribution < 1.29 is 0 Å². The van der Waals surface area contributed by atoms with Crippen molar-refractivity contribution in [3.63, 3.8) is 0 Å². The topological polar surface area (TPSA) is 63.8 Å². The lowest BCUT2D eigenvalue weighted by Gasteiger charge is -2.11. The zero-order valence-corrected chi connectivity index (χ0v) is 12.8. The number of anilines is 1. The molecule has 1 saturated carbocycles. The van der Waals surface area contributed by atoms with Crippen LogP contribution in [0.2, 0.25) is 0 Å². The fraction of sp³-hybridized carbons (Fsp3) is 0.385. The van der Waals surface area contributed by atoms with Gasteiger partial charge in [-0.1, -0.05) is 12.8 Å². The highest BCUT2D eigenvalue weighted by atomic mass is 79.9. The molecule has 19 heavy (non-hydrogen) atoms. The predicted molar refractivity (Wildman–Crippen MR) is 82.1 cm³/mol. The van der Waals surface area contributed by atoms with Gasteiger partial charge in [0, 0.05) is 17.7 Å². The molecule has 0 aromatic carbocycles. The summed E-state index contributed by atoms with van der Waals surface area (Å²) < 4.78 is 1.08. The molecule has 0 bridgehead atoms. The van der Waals surface area contributed by atoms with E-state index in [1.165, 1.54) is 25.7 Å². The molecule has 0 amide bonds. The first kappa shape index (κ1) is 13.0. The van der Waals surface area contributed by atoms with E-state index in [4.69, 9.17) is 10.8 Å². The molecular formula is C13H15BrN4S. The highest BCUT2D eigenvalue weighted by Crippen LogP contribution is 2.36. The first-order valence-corrected chi connectivity index (χ1v) is 7.98. The number of nitrogen functional groups attached to an aromatic ring is 1. The molecule has 2 heterocycles. The maximum absolute atomic E-state index is 5.52. The van der Waals surface area contributed by atoms with Crippen molar-refractivity contribution in [3.05, 3.63) is 27.7 Å². The van der Waals surface area contributed by atoms with Crippen LogP contribution in [0.5, 0.6) is 0 Å². The molecule has 1 aliphatic rings. The Balaban J connectivity index is 2.01. The first-order chi connectivity index (χ1) is 9.26. The largest absolute Gasteiger partial charge is 0.308 e. The van der Waals surface area contributed by atoms with E-state index in [1.54, 1.807) is 11.3 Å². The van der Waals surface area contributed by atoms with Gasteiger partial charge in [0.25, 0.3) is 0 Å². The zero-order chi connectivity index (χ0) is 13.2. The van der Waals surface area contributed by atoms with Gasteiger partial charge in [-0.15, -0.1) is 11.3 Å². The number of hydrogen-bond donors (Lipinski definition) is 2. The summed E-state index contributed by atoms with van der Waals surface area (Å²) in [5.74, 6) is 7.53. The third-order valence-corrected chi connectivity index (χ3v) is 5.08. The Morgan fingerprint density at radius 1 is 1.26 bits per heavy atom. The number of nitrogens with zero attached hydrogens (tertiary/aromatic N) is 2. The van der Waals surface area contributed by atoms with Crippen LogP contribution in [-0.2, 0) is 0 Å². The fourth-order valence-electron chi connectivity index (χ4n) is 2.52. The first-order valence-electron chi connectivity index (χ1n) is 6.37. The molecule has 0 radical (unpaired) electrons. The normalized spacial score (nSPS) is 15.9. The fourth-order valence-corrected chi connectivity index (χ4v) is 3.84. The summed E-state index contributed by atoms with van der Waals surface area (Å²) in [6, 6.07) is 6.02. The molecule has 3 N–H and O–H groups in total. The molecule has 4 nitrogen and oxygen atoms in total. The van der Waals surface area contributed by atoms with Gasteiger partial charge in [0.05, 0.1) is 8.66 Å². The van der Waals surface area contributed by atoms with E-state index in [-0.39, 0.29) is 0 Å². The molecule has 100 valence electrons. The Morgan fingerprint density at radius 2 is 2.05 bits per heavy atom. The van der Waals surface area contributed by atoms with E-state index in [0.29, 0.717) is 11.7 Å². The van der Waals surface area contributed by atoms with Crippen LogP contribution in [0.25, 0.3) is 10.7 Å². The molecule has 1 fully saturated rings. The van der Waals surface area contributed by atoms with Crippen LogP contribution < -0.4 is 11.3 Å². The number of nitrogens with two attached hydrogens (primary N) is 1. The van der Waals surface area contributed by atoms with Crippen molar-refractivity contribution >= 4 is 33.1 Å². The number of nitrogens with one attached hydrogen (secondary N) is 1. The Morgan fingerprint density at radius 3 is 2.68 bits per heavy atom. The van der Waals surface area contributed by atoms with Gasteiger partial charge < -0.3 is 5.43 Å². The molecule has 0 aliphatic heterocycles. The Labute approximate surface area is 124 Å².